The number of hydrogen-bond acceptors (Lipinski definition) is 15. The van der Waals surface area contributed by atoms with Crippen molar-refractivity contribution in [1.29, 1.82) is 0 Å². The first-order valence-corrected chi connectivity index (χ1v) is 47.0. The van der Waals surface area contributed by atoms with Crippen molar-refractivity contribution in [3.8, 4) is 0 Å². The van der Waals surface area contributed by atoms with E-state index in [9.17, 15) is 43.2 Å². The molecule has 0 aliphatic heterocycles. The molecule has 0 aromatic carbocycles. The maximum atomic E-state index is 13.1. The van der Waals surface area contributed by atoms with Gasteiger partial charge in [0.15, 0.2) is 12.2 Å². The molecule has 618 valence electrons. The topological polar surface area (TPSA) is 237 Å². The maximum absolute atomic E-state index is 13.1. The van der Waals surface area contributed by atoms with Crippen LogP contribution in [-0.2, 0) is 65.4 Å². The molecule has 0 radical (unpaired) electrons. The van der Waals surface area contributed by atoms with Gasteiger partial charge in [0.25, 0.3) is 0 Å². The molecule has 0 aliphatic rings. The fraction of sp³-hybridized carbons (Fsp3) is 0.953. The fourth-order valence-corrected chi connectivity index (χ4v) is 14.8. The zero-order valence-electron chi connectivity index (χ0n) is 68.3. The lowest BCUT2D eigenvalue weighted by Crippen LogP contribution is -2.30. The molecule has 19 heteroatoms. The monoisotopic (exact) mass is 1520 g/mol. The minimum Gasteiger partial charge on any atom is -0.462 e. The molecule has 3 N–H and O–H groups in total. The van der Waals surface area contributed by atoms with Gasteiger partial charge >= 0.3 is 39.5 Å². The third-order valence-electron chi connectivity index (χ3n) is 20.0. The van der Waals surface area contributed by atoms with Crippen LogP contribution in [0.25, 0.3) is 0 Å². The second-order valence-electron chi connectivity index (χ2n) is 31.5. The summed E-state index contributed by atoms with van der Waals surface area (Å²) in [7, 11) is -9.93. The Morgan fingerprint density at radius 1 is 0.260 bits per heavy atom. The zero-order valence-corrected chi connectivity index (χ0v) is 70.1. The Morgan fingerprint density at radius 2 is 0.442 bits per heavy atom. The van der Waals surface area contributed by atoms with Gasteiger partial charge in [0, 0.05) is 25.7 Å². The molecule has 2 unspecified atom stereocenters. The van der Waals surface area contributed by atoms with Crippen molar-refractivity contribution in [3.63, 3.8) is 0 Å². The van der Waals surface area contributed by atoms with Crippen LogP contribution in [0.1, 0.15) is 452 Å². The summed E-state index contributed by atoms with van der Waals surface area (Å²) < 4.78 is 68.9. The van der Waals surface area contributed by atoms with Gasteiger partial charge in [-0.15, -0.1) is 0 Å². The number of phosphoric ester groups is 2. The number of rotatable bonds is 84. The van der Waals surface area contributed by atoms with Gasteiger partial charge in [-0.25, -0.2) is 9.13 Å². The summed E-state index contributed by atoms with van der Waals surface area (Å²) >= 11 is 0. The summed E-state index contributed by atoms with van der Waals surface area (Å²) in [6.07, 6.45) is 68.1. The Labute approximate surface area is 638 Å². The van der Waals surface area contributed by atoms with E-state index in [0.717, 1.165) is 102 Å². The highest BCUT2D eigenvalue weighted by molar-refractivity contribution is 7.47. The number of phosphoric acid groups is 2. The van der Waals surface area contributed by atoms with E-state index in [1.165, 1.54) is 270 Å². The first kappa shape index (κ1) is 102. The third-order valence-corrected chi connectivity index (χ3v) is 21.9. The molecule has 0 saturated heterocycles. The van der Waals surface area contributed by atoms with Crippen LogP contribution in [0.15, 0.2) is 0 Å². The van der Waals surface area contributed by atoms with Crippen molar-refractivity contribution in [2.75, 3.05) is 39.6 Å². The molecule has 104 heavy (non-hydrogen) atoms. The Kier molecular flexibility index (Phi) is 75.0. The highest BCUT2D eigenvalue weighted by Crippen LogP contribution is 2.45. The molecule has 0 heterocycles. The van der Waals surface area contributed by atoms with Crippen molar-refractivity contribution in [2.24, 2.45) is 11.8 Å². The molecule has 0 saturated carbocycles. The summed E-state index contributed by atoms with van der Waals surface area (Å²) in [5, 5.41) is 10.7. The lowest BCUT2D eigenvalue weighted by molar-refractivity contribution is -0.161. The van der Waals surface area contributed by atoms with Crippen LogP contribution in [0.2, 0.25) is 0 Å². The minimum atomic E-state index is -4.97. The third kappa shape index (κ3) is 78.2. The molecule has 0 fully saturated rings. The molecule has 5 atom stereocenters. The molecular formula is C85H166O17P2. The second-order valence-corrected chi connectivity index (χ2v) is 34.4. The van der Waals surface area contributed by atoms with Crippen LogP contribution >= 0.6 is 15.6 Å². The molecule has 17 nitrogen and oxygen atoms in total. The normalized spacial score (nSPS) is 13.8. The molecule has 0 aliphatic carbocycles. The standard InChI is InChI=1S/C85H166O17P2/c1-7-9-11-13-15-17-19-21-23-24-25-26-27-28-30-36-40-44-52-58-64-70-84(89)101-80(73-95-82(87)67-61-55-49-42-38-34-32-31-33-37-41-47-53-59-65-77(3)4)75-99-103(91,92)97-71-79(86)72-98-104(93,94)100-76-81(74-96-83(88)68-62-56-50-46-45-48-54-60-66-78(5)6)102-85(90)69-63-57-51-43-39-35-29-22-20-18-16-14-12-10-8-2/h77-81,86H,7-76H2,1-6H3,(H,91,92)(H,93,94)/t79-,80-,81-/m1/s1. The Balaban J connectivity index is 5.24. The van der Waals surface area contributed by atoms with E-state index in [4.69, 9.17) is 37.0 Å². The number of hydrogen-bond donors (Lipinski definition) is 3. The van der Waals surface area contributed by atoms with Crippen LogP contribution in [0, 0.1) is 11.8 Å². The van der Waals surface area contributed by atoms with Gasteiger partial charge in [0.1, 0.15) is 19.3 Å². The molecule has 0 aromatic rings. The number of unbranched alkanes of at least 4 members (excludes halogenated alkanes) is 54. The predicted octanol–water partition coefficient (Wildman–Crippen LogP) is 25.8. The minimum absolute atomic E-state index is 0.108. The smallest absolute Gasteiger partial charge is 0.462 e. The van der Waals surface area contributed by atoms with Gasteiger partial charge in [-0.05, 0) is 37.5 Å². The molecule has 0 amide bonds. The van der Waals surface area contributed by atoms with E-state index in [2.05, 4.69) is 41.5 Å². The van der Waals surface area contributed by atoms with Crippen LogP contribution in [0.5, 0.6) is 0 Å². The molecule has 0 rings (SSSR count). The first-order chi connectivity index (χ1) is 50.4. The van der Waals surface area contributed by atoms with E-state index in [1.54, 1.807) is 0 Å². The molecular weight excluding hydrogens is 1350 g/mol. The maximum Gasteiger partial charge on any atom is 0.472 e. The Hall–Kier alpha value is -1.94. The summed E-state index contributed by atoms with van der Waals surface area (Å²) in [4.78, 5) is 73.2. The fourth-order valence-electron chi connectivity index (χ4n) is 13.2. The predicted molar refractivity (Wildman–Crippen MR) is 428 cm³/mol. The van der Waals surface area contributed by atoms with E-state index < -0.39 is 97.5 Å². The summed E-state index contributed by atoms with van der Waals surface area (Å²) in [5.74, 6) is -0.578. The van der Waals surface area contributed by atoms with Crippen molar-refractivity contribution in [2.45, 2.75) is 471 Å². The number of aliphatic hydroxyl groups is 1. The molecule has 0 bridgehead atoms. The highest BCUT2D eigenvalue weighted by atomic mass is 31.2. The number of esters is 4. The van der Waals surface area contributed by atoms with Crippen LogP contribution in [0.4, 0.5) is 0 Å². The van der Waals surface area contributed by atoms with Crippen molar-refractivity contribution >= 4 is 39.5 Å². The number of aliphatic hydroxyl groups excluding tert-OH is 1. The van der Waals surface area contributed by atoms with E-state index in [0.29, 0.717) is 25.7 Å². The SMILES string of the molecule is CCCCCCCCCCCCCCCCCCCCCCCC(=O)O[C@H](COC(=O)CCCCCCCCCCCCCCCCC(C)C)COP(=O)(O)OC[C@@H](O)COP(=O)(O)OC[C@@H](COC(=O)CCCCCCCCCCC(C)C)OC(=O)CCCCCCCCCCCCCCCCC. The number of carbonyl (C=O) groups is 4. The highest BCUT2D eigenvalue weighted by Gasteiger charge is 2.30. The van der Waals surface area contributed by atoms with E-state index in [-0.39, 0.29) is 25.7 Å². The van der Waals surface area contributed by atoms with Crippen molar-refractivity contribution in [1.82, 2.24) is 0 Å². The average Bonchev–Trinajstić information content (AvgIpc) is 0.910. The van der Waals surface area contributed by atoms with Crippen LogP contribution in [-0.4, -0.2) is 96.7 Å². The molecule has 0 spiro atoms. The molecule has 0 aromatic heterocycles. The lowest BCUT2D eigenvalue weighted by Gasteiger charge is -2.21. The van der Waals surface area contributed by atoms with Crippen LogP contribution in [0.3, 0.4) is 0 Å². The summed E-state index contributed by atoms with van der Waals surface area (Å²) in [6.45, 7) is 9.65. The zero-order chi connectivity index (χ0) is 76.4. The van der Waals surface area contributed by atoms with Crippen molar-refractivity contribution in [3.05, 3.63) is 0 Å². The Morgan fingerprint density at radius 3 is 0.654 bits per heavy atom. The van der Waals surface area contributed by atoms with Gasteiger partial charge in [-0.1, -0.05) is 401 Å². The number of ether oxygens (including phenoxy) is 4. The van der Waals surface area contributed by atoms with E-state index >= 15 is 0 Å². The van der Waals surface area contributed by atoms with Gasteiger partial charge in [-0.2, -0.15) is 0 Å². The van der Waals surface area contributed by atoms with Gasteiger partial charge in [-0.3, -0.25) is 37.3 Å². The first-order valence-electron chi connectivity index (χ1n) is 44.0. The largest absolute Gasteiger partial charge is 0.472 e. The van der Waals surface area contributed by atoms with Gasteiger partial charge < -0.3 is 33.8 Å². The Bertz CT molecular complexity index is 1990. The lowest BCUT2D eigenvalue weighted by atomic mass is 10.0. The summed E-state index contributed by atoms with van der Waals surface area (Å²) in [5.41, 5.74) is 0. The van der Waals surface area contributed by atoms with E-state index in [1.807, 2.05) is 0 Å². The summed E-state index contributed by atoms with van der Waals surface area (Å²) in [6, 6.07) is 0. The second kappa shape index (κ2) is 76.4. The van der Waals surface area contributed by atoms with Gasteiger partial charge in [0.2, 0.25) is 0 Å². The quantitative estimate of drug-likeness (QED) is 0.0222. The average molecular weight is 1520 g/mol. The van der Waals surface area contributed by atoms with Crippen LogP contribution < -0.4 is 0 Å². The number of carbonyl (C=O) groups excluding carboxylic acids is 4. The van der Waals surface area contributed by atoms with Crippen molar-refractivity contribution < 1.29 is 80.2 Å². The van der Waals surface area contributed by atoms with Gasteiger partial charge in [0.05, 0.1) is 26.4 Å².